The molecule has 1 aromatic carbocycles. The van der Waals surface area contributed by atoms with Crippen LogP contribution in [0.5, 0.6) is 0 Å². The van der Waals surface area contributed by atoms with E-state index in [0.29, 0.717) is 11.5 Å². The molecule has 0 saturated heterocycles. The highest BCUT2D eigenvalue weighted by molar-refractivity contribution is 5.94. The molecule has 0 atom stereocenters. The Morgan fingerprint density at radius 2 is 1.82 bits per heavy atom. The average molecular weight is 296 g/mol. The largest absolute Gasteiger partial charge is 0.340 e. The van der Waals surface area contributed by atoms with Gasteiger partial charge in [0.2, 0.25) is 0 Å². The van der Waals surface area contributed by atoms with Gasteiger partial charge in [-0.3, -0.25) is 4.79 Å². The average Bonchev–Trinajstić information content (AvgIpc) is 2.54. The number of anilines is 2. The molecule has 116 valence electrons. The van der Waals surface area contributed by atoms with Crippen molar-refractivity contribution < 1.29 is 4.79 Å². The molecule has 0 saturated carbocycles. The van der Waals surface area contributed by atoms with Crippen molar-refractivity contribution in [3.05, 3.63) is 53.2 Å². The zero-order chi connectivity index (χ0) is 15.9. The van der Waals surface area contributed by atoms with Gasteiger partial charge in [-0.25, -0.2) is 4.98 Å². The number of aryl methyl sites for hydroxylation is 2. The predicted molar refractivity (Wildman–Crippen MR) is 92.0 cm³/mol. The lowest BCUT2D eigenvalue weighted by atomic mass is 10.1. The van der Waals surface area contributed by atoms with Crippen molar-refractivity contribution >= 4 is 17.3 Å². The highest BCUT2D eigenvalue weighted by Crippen LogP contribution is 2.19. The lowest BCUT2D eigenvalue weighted by Crippen LogP contribution is -2.05. The van der Waals surface area contributed by atoms with Gasteiger partial charge in [-0.15, -0.1) is 0 Å². The molecule has 1 N–H and O–H groups in total. The molecule has 0 unspecified atom stereocenters. The molecule has 0 bridgehead atoms. The molecule has 0 aliphatic heterocycles. The van der Waals surface area contributed by atoms with Gasteiger partial charge < -0.3 is 5.32 Å². The second-order valence-corrected chi connectivity index (χ2v) is 5.54. The molecular weight excluding hydrogens is 272 g/mol. The number of nitrogens with zero attached hydrogens (tertiary/aromatic N) is 1. The fourth-order valence-electron chi connectivity index (χ4n) is 2.43. The first-order valence-electron chi connectivity index (χ1n) is 8.00. The van der Waals surface area contributed by atoms with Crippen LogP contribution in [0.25, 0.3) is 0 Å². The molecule has 3 nitrogen and oxygen atoms in total. The van der Waals surface area contributed by atoms with Gasteiger partial charge in [0.05, 0.1) is 0 Å². The predicted octanol–water partition coefficient (Wildman–Crippen LogP) is 4.93. The third-order valence-corrected chi connectivity index (χ3v) is 3.74. The number of benzene rings is 1. The summed E-state index contributed by atoms with van der Waals surface area (Å²) in [6, 6.07) is 12.3. The fourth-order valence-corrected chi connectivity index (χ4v) is 2.43. The molecule has 0 fully saturated rings. The monoisotopic (exact) mass is 296 g/mol. The van der Waals surface area contributed by atoms with Crippen LogP contribution in [0.1, 0.15) is 55.2 Å². The molecular formula is C19H24N2O. The summed E-state index contributed by atoms with van der Waals surface area (Å²) in [5, 5.41) is 3.27. The number of unbranched alkanes of at least 4 members (excludes halogenated alkanes) is 1. The molecule has 0 spiro atoms. The van der Waals surface area contributed by atoms with E-state index in [1.54, 1.807) is 6.92 Å². The number of nitrogens with one attached hydrogen (secondary N) is 1. The number of hydrogen-bond acceptors (Lipinski definition) is 3. The van der Waals surface area contributed by atoms with E-state index in [9.17, 15) is 4.79 Å². The first-order valence-corrected chi connectivity index (χ1v) is 8.00. The first-order chi connectivity index (χ1) is 10.6. The van der Waals surface area contributed by atoms with Crippen molar-refractivity contribution in [2.45, 2.75) is 46.5 Å². The summed E-state index contributed by atoms with van der Waals surface area (Å²) in [6.07, 6.45) is 4.36. The number of rotatable bonds is 7. The number of pyridine rings is 1. The number of carbonyl (C=O) groups is 1. The van der Waals surface area contributed by atoms with Crippen LogP contribution in [0.4, 0.5) is 11.5 Å². The third kappa shape index (κ3) is 4.17. The topological polar surface area (TPSA) is 42.0 Å². The second kappa shape index (κ2) is 7.74. The Bertz CT molecular complexity index is 632. The van der Waals surface area contributed by atoms with Crippen molar-refractivity contribution in [1.82, 2.24) is 4.98 Å². The van der Waals surface area contributed by atoms with Crippen molar-refractivity contribution in [2.75, 3.05) is 5.32 Å². The van der Waals surface area contributed by atoms with Gasteiger partial charge in [0.1, 0.15) is 11.5 Å². The Morgan fingerprint density at radius 1 is 1.09 bits per heavy atom. The standard InChI is InChI=1S/C19H24N2O/c1-4-6-7-15-8-11-17(12-9-15)20-18-13-10-16(5-2)19(21-18)14(3)22/h8-13H,4-7H2,1-3H3,(H,20,21). The summed E-state index contributed by atoms with van der Waals surface area (Å²) in [4.78, 5) is 16.1. The first kappa shape index (κ1) is 16.2. The Balaban J connectivity index is 2.13. The highest BCUT2D eigenvalue weighted by Gasteiger charge is 2.09. The molecule has 1 heterocycles. The summed E-state index contributed by atoms with van der Waals surface area (Å²) in [7, 11) is 0. The minimum atomic E-state index is 0.00964. The Kier molecular flexibility index (Phi) is 5.70. The number of ketones is 1. The molecule has 0 radical (unpaired) electrons. The van der Waals surface area contributed by atoms with Crippen molar-refractivity contribution in [3.63, 3.8) is 0 Å². The number of aromatic nitrogens is 1. The Hall–Kier alpha value is -2.16. The Labute approximate surface area is 132 Å². The summed E-state index contributed by atoms with van der Waals surface area (Å²) >= 11 is 0. The van der Waals surface area contributed by atoms with Crippen LogP contribution in [-0.4, -0.2) is 10.8 Å². The van der Waals surface area contributed by atoms with E-state index in [-0.39, 0.29) is 5.78 Å². The van der Waals surface area contributed by atoms with Crippen LogP contribution in [0.2, 0.25) is 0 Å². The van der Waals surface area contributed by atoms with E-state index < -0.39 is 0 Å². The van der Waals surface area contributed by atoms with Gasteiger partial charge in [0.15, 0.2) is 5.78 Å². The number of Topliss-reactive ketones (excluding diaryl/α,β-unsaturated/α-hetero) is 1. The summed E-state index contributed by atoms with van der Waals surface area (Å²) in [6.45, 7) is 5.80. The fraction of sp³-hybridized carbons (Fsp3) is 0.368. The minimum absolute atomic E-state index is 0.00964. The summed E-state index contributed by atoms with van der Waals surface area (Å²) < 4.78 is 0. The molecule has 2 aromatic rings. The molecule has 1 aromatic heterocycles. The van der Waals surface area contributed by atoms with Crippen LogP contribution in [0.3, 0.4) is 0 Å². The van der Waals surface area contributed by atoms with Crippen LogP contribution in [-0.2, 0) is 12.8 Å². The molecule has 0 amide bonds. The quantitative estimate of drug-likeness (QED) is 0.736. The zero-order valence-corrected chi connectivity index (χ0v) is 13.6. The maximum absolute atomic E-state index is 11.7. The zero-order valence-electron chi connectivity index (χ0n) is 13.6. The van der Waals surface area contributed by atoms with Gasteiger partial charge in [-0.05, 0) is 48.6 Å². The highest BCUT2D eigenvalue weighted by atomic mass is 16.1. The van der Waals surface area contributed by atoms with E-state index in [4.69, 9.17) is 0 Å². The van der Waals surface area contributed by atoms with E-state index in [2.05, 4.69) is 41.5 Å². The maximum atomic E-state index is 11.7. The molecule has 0 aliphatic rings. The van der Waals surface area contributed by atoms with Crippen LogP contribution in [0, 0.1) is 0 Å². The molecule has 0 aliphatic carbocycles. The van der Waals surface area contributed by atoms with Crippen LogP contribution in [0.15, 0.2) is 36.4 Å². The Morgan fingerprint density at radius 3 is 2.41 bits per heavy atom. The van der Waals surface area contributed by atoms with Gasteiger partial charge in [0, 0.05) is 12.6 Å². The minimum Gasteiger partial charge on any atom is -0.340 e. The van der Waals surface area contributed by atoms with E-state index in [1.165, 1.54) is 18.4 Å². The van der Waals surface area contributed by atoms with E-state index >= 15 is 0 Å². The molecule has 3 heteroatoms. The van der Waals surface area contributed by atoms with E-state index in [0.717, 1.165) is 24.1 Å². The molecule has 2 rings (SSSR count). The van der Waals surface area contributed by atoms with Gasteiger partial charge in [-0.1, -0.05) is 38.5 Å². The van der Waals surface area contributed by atoms with Crippen LogP contribution < -0.4 is 5.32 Å². The summed E-state index contributed by atoms with van der Waals surface area (Å²) in [5.74, 6) is 0.721. The molecule has 22 heavy (non-hydrogen) atoms. The van der Waals surface area contributed by atoms with Crippen molar-refractivity contribution in [3.8, 4) is 0 Å². The normalized spacial score (nSPS) is 10.5. The number of hydrogen-bond donors (Lipinski definition) is 1. The van der Waals surface area contributed by atoms with Crippen LogP contribution >= 0.6 is 0 Å². The lowest BCUT2D eigenvalue weighted by Gasteiger charge is -2.10. The van der Waals surface area contributed by atoms with Gasteiger partial charge in [-0.2, -0.15) is 0 Å². The maximum Gasteiger partial charge on any atom is 0.178 e. The van der Waals surface area contributed by atoms with Crippen molar-refractivity contribution in [1.29, 1.82) is 0 Å². The smallest absolute Gasteiger partial charge is 0.178 e. The number of carbonyl (C=O) groups excluding carboxylic acids is 1. The second-order valence-electron chi connectivity index (χ2n) is 5.54. The van der Waals surface area contributed by atoms with E-state index in [1.807, 2.05) is 19.1 Å². The van der Waals surface area contributed by atoms with Crippen molar-refractivity contribution in [2.24, 2.45) is 0 Å². The van der Waals surface area contributed by atoms with Gasteiger partial charge >= 0.3 is 0 Å². The van der Waals surface area contributed by atoms with Gasteiger partial charge in [0.25, 0.3) is 0 Å². The lowest BCUT2D eigenvalue weighted by molar-refractivity contribution is 0.101. The third-order valence-electron chi connectivity index (χ3n) is 3.74. The SMILES string of the molecule is CCCCc1ccc(Nc2ccc(CC)c(C(C)=O)n2)cc1. The summed E-state index contributed by atoms with van der Waals surface area (Å²) in [5.41, 5.74) is 3.90.